The molecule has 0 radical (unpaired) electrons. The fourth-order valence-corrected chi connectivity index (χ4v) is 3.12. The summed E-state index contributed by atoms with van der Waals surface area (Å²) in [7, 11) is 0. The fourth-order valence-electron chi connectivity index (χ4n) is 3.12. The molecule has 0 aromatic heterocycles. The molecule has 6 nitrogen and oxygen atoms in total. The number of amides is 2. The molecule has 20 heavy (non-hydrogen) atoms. The van der Waals surface area contributed by atoms with Gasteiger partial charge in [0.1, 0.15) is 5.54 Å². The lowest BCUT2D eigenvalue weighted by Crippen LogP contribution is -2.54. The van der Waals surface area contributed by atoms with Crippen LogP contribution in [0.3, 0.4) is 0 Å². The van der Waals surface area contributed by atoms with Gasteiger partial charge in [-0.25, -0.2) is 4.79 Å². The van der Waals surface area contributed by atoms with Crippen molar-refractivity contribution in [2.45, 2.75) is 57.5 Å². The number of hydrogen-bond donors (Lipinski definition) is 2. The molecule has 6 heteroatoms. The first-order valence-corrected chi connectivity index (χ1v) is 7.20. The highest BCUT2D eigenvalue weighted by Crippen LogP contribution is 2.31. The third-order valence-electron chi connectivity index (χ3n) is 4.38. The van der Waals surface area contributed by atoms with Gasteiger partial charge in [-0.1, -0.05) is 12.8 Å². The number of nitrogens with one attached hydrogen (secondary N) is 1. The number of rotatable bonds is 4. The molecule has 2 rings (SSSR count). The van der Waals surface area contributed by atoms with Crippen LogP contribution in [0.4, 0.5) is 0 Å². The van der Waals surface area contributed by atoms with Crippen molar-refractivity contribution in [1.29, 1.82) is 0 Å². The standard InChI is InChI=1S/C14H22N2O4/c1-9(2)16-8-10(7-11(16)17)12(18)15-14(13(19)20)5-3-4-6-14/h9-10H,3-8H2,1-2H3,(H,15,18)(H,19,20). The lowest BCUT2D eigenvalue weighted by atomic mass is 9.96. The third kappa shape index (κ3) is 2.64. The smallest absolute Gasteiger partial charge is 0.329 e. The van der Waals surface area contributed by atoms with Crippen molar-refractivity contribution in [3.63, 3.8) is 0 Å². The Morgan fingerprint density at radius 2 is 1.95 bits per heavy atom. The molecule has 0 aromatic rings. The van der Waals surface area contributed by atoms with Crippen molar-refractivity contribution in [1.82, 2.24) is 10.2 Å². The molecule has 1 atom stereocenters. The Morgan fingerprint density at radius 1 is 1.35 bits per heavy atom. The minimum Gasteiger partial charge on any atom is -0.480 e. The van der Waals surface area contributed by atoms with E-state index < -0.39 is 17.4 Å². The number of carbonyl (C=O) groups is 3. The van der Waals surface area contributed by atoms with Crippen molar-refractivity contribution < 1.29 is 19.5 Å². The molecule has 2 N–H and O–H groups in total. The molecule has 0 bridgehead atoms. The van der Waals surface area contributed by atoms with E-state index in [4.69, 9.17) is 0 Å². The van der Waals surface area contributed by atoms with Crippen LogP contribution < -0.4 is 5.32 Å². The van der Waals surface area contributed by atoms with Gasteiger partial charge in [-0.2, -0.15) is 0 Å². The summed E-state index contributed by atoms with van der Waals surface area (Å²) in [6.07, 6.45) is 2.76. The van der Waals surface area contributed by atoms with Gasteiger partial charge >= 0.3 is 5.97 Å². The first kappa shape index (κ1) is 14.8. The van der Waals surface area contributed by atoms with Gasteiger partial charge in [0.25, 0.3) is 0 Å². The Kier molecular flexibility index (Phi) is 4.01. The average Bonchev–Trinajstić information content (AvgIpc) is 2.96. The van der Waals surface area contributed by atoms with Crippen LogP contribution in [0.5, 0.6) is 0 Å². The number of carboxylic acid groups (broad SMARTS) is 1. The zero-order valence-corrected chi connectivity index (χ0v) is 12.0. The van der Waals surface area contributed by atoms with Crippen LogP contribution in [0.1, 0.15) is 46.0 Å². The largest absolute Gasteiger partial charge is 0.480 e. The molecule has 2 aliphatic rings. The second-order valence-electron chi connectivity index (χ2n) is 6.12. The Hall–Kier alpha value is -1.59. The van der Waals surface area contributed by atoms with Gasteiger partial charge in [0.05, 0.1) is 5.92 Å². The monoisotopic (exact) mass is 282 g/mol. The fraction of sp³-hybridized carbons (Fsp3) is 0.786. The zero-order valence-electron chi connectivity index (χ0n) is 12.0. The normalized spacial score (nSPS) is 25.2. The van der Waals surface area contributed by atoms with E-state index in [9.17, 15) is 19.5 Å². The zero-order chi connectivity index (χ0) is 14.9. The van der Waals surface area contributed by atoms with Gasteiger partial charge in [0.2, 0.25) is 11.8 Å². The van der Waals surface area contributed by atoms with E-state index in [0.717, 1.165) is 12.8 Å². The lowest BCUT2D eigenvalue weighted by Gasteiger charge is -2.27. The van der Waals surface area contributed by atoms with Crippen LogP contribution >= 0.6 is 0 Å². The van der Waals surface area contributed by atoms with Crippen molar-refractivity contribution in [2.75, 3.05) is 6.54 Å². The summed E-state index contributed by atoms with van der Waals surface area (Å²) in [6, 6.07) is 0.0696. The highest BCUT2D eigenvalue weighted by Gasteiger charge is 2.45. The summed E-state index contributed by atoms with van der Waals surface area (Å²) < 4.78 is 0. The van der Waals surface area contributed by atoms with Crippen molar-refractivity contribution in [2.24, 2.45) is 5.92 Å². The summed E-state index contributed by atoms with van der Waals surface area (Å²) >= 11 is 0. The molecular formula is C14H22N2O4. The Bertz CT molecular complexity index is 427. The molecule has 1 saturated heterocycles. The average molecular weight is 282 g/mol. The summed E-state index contributed by atoms with van der Waals surface area (Å²) in [6.45, 7) is 4.21. The van der Waals surface area contributed by atoms with E-state index in [2.05, 4.69) is 5.32 Å². The number of likely N-dealkylation sites (tertiary alicyclic amines) is 1. The number of nitrogens with zero attached hydrogens (tertiary/aromatic N) is 1. The Balaban J connectivity index is 2.02. The van der Waals surface area contributed by atoms with Gasteiger partial charge in [-0.05, 0) is 26.7 Å². The van der Waals surface area contributed by atoms with E-state index in [0.29, 0.717) is 19.4 Å². The maximum Gasteiger partial charge on any atom is 0.329 e. The molecule has 0 spiro atoms. The second kappa shape index (κ2) is 5.42. The topological polar surface area (TPSA) is 86.7 Å². The highest BCUT2D eigenvalue weighted by atomic mass is 16.4. The van der Waals surface area contributed by atoms with E-state index in [1.165, 1.54) is 0 Å². The minimum atomic E-state index is -1.12. The second-order valence-corrected chi connectivity index (χ2v) is 6.12. The van der Waals surface area contributed by atoms with Crippen molar-refractivity contribution >= 4 is 17.8 Å². The Morgan fingerprint density at radius 3 is 2.40 bits per heavy atom. The first-order chi connectivity index (χ1) is 9.35. The van der Waals surface area contributed by atoms with Crippen LogP contribution in [-0.2, 0) is 14.4 Å². The molecule has 2 fully saturated rings. The van der Waals surface area contributed by atoms with Gasteiger partial charge in [-0.3, -0.25) is 9.59 Å². The van der Waals surface area contributed by atoms with Crippen molar-refractivity contribution in [3.05, 3.63) is 0 Å². The lowest BCUT2D eigenvalue weighted by molar-refractivity contribution is -0.148. The van der Waals surface area contributed by atoms with Gasteiger partial charge in [-0.15, -0.1) is 0 Å². The van der Waals surface area contributed by atoms with Crippen LogP contribution in [-0.4, -0.2) is 45.9 Å². The number of carbonyl (C=O) groups excluding carboxylic acids is 2. The number of hydrogen-bond acceptors (Lipinski definition) is 3. The molecule has 1 aliphatic heterocycles. The van der Waals surface area contributed by atoms with E-state index in [1.54, 1.807) is 4.90 Å². The van der Waals surface area contributed by atoms with Gasteiger partial charge in [0, 0.05) is 19.0 Å². The quantitative estimate of drug-likeness (QED) is 0.797. The molecule has 1 aliphatic carbocycles. The molecule has 1 unspecified atom stereocenters. The SMILES string of the molecule is CC(C)N1CC(C(=O)NC2(C(=O)O)CCCC2)CC1=O. The minimum absolute atomic E-state index is 0.0315. The third-order valence-corrected chi connectivity index (χ3v) is 4.38. The summed E-state index contributed by atoms with van der Waals surface area (Å²) in [5, 5.41) is 12.1. The predicted molar refractivity (Wildman–Crippen MR) is 71.9 cm³/mol. The van der Waals surface area contributed by atoms with Gasteiger partial charge < -0.3 is 15.3 Å². The summed E-state index contributed by atoms with van der Waals surface area (Å²) in [4.78, 5) is 37.2. The van der Waals surface area contributed by atoms with Crippen LogP contribution in [0.15, 0.2) is 0 Å². The predicted octanol–water partition coefficient (Wildman–Crippen LogP) is 0.757. The maximum atomic E-state index is 12.3. The van der Waals surface area contributed by atoms with E-state index in [-0.39, 0.29) is 24.3 Å². The van der Waals surface area contributed by atoms with Crippen LogP contribution in [0.25, 0.3) is 0 Å². The number of carboxylic acids is 1. The van der Waals surface area contributed by atoms with Crippen LogP contribution in [0.2, 0.25) is 0 Å². The summed E-state index contributed by atoms with van der Waals surface area (Å²) in [5.41, 5.74) is -1.12. The molecule has 1 saturated carbocycles. The van der Waals surface area contributed by atoms with E-state index in [1.807, 2.05) is 13.8 Å². The molecule has 2 amide bonds. The molecule has 0 aromatic carbocycles. The maximum absolute atomic E-state index is 12.3. The van der Waals surface area contributed by atoms with E-state index >= 15 is 0 Å². The molecular weight excluding hydrogens is 260 g/mol. The first-order valence-electron chi connectivity index (χ1n) is 7.20. The van der Waals surface area contributed by atoms with Gasteiger partial charge in [0.15, 0.2) is 0 Å². The Labute approximate surface area is 118 Å². The van der Waals surface area contributed by atoms with Crippen molar-refractivity contribution in [3.8, 4) is 0 Å². The number of aliphatic carboxylic acids is 1. The highest BCUT2D eigenvalue weighted by molar-refractivity contribution is 5.92. The summed E-state index contributed by atoms with van der Waals surface area (Å²) in [5.74, 6) is -1.73. The van der Waals surface area contributed by atoms with Crippen LogP contribution in [0, 0.1) is 5.92 Å². The molecule has 1 heterocycles. The molecule has 112 valence electrons.